The number of aryl methyl sites for hydroxylation is 1. The first-order chi connectivity index (χ1) is 9.40. The SMILES string of the molecule is Cc1cnc(C(=O)OCC(=O)NCC(=O)N(C)C)cn1. The highest BCUT2D eigenvalue weighted by molar-refractivity contribution is 5.90. The van der Waals surface area contributed by atoms with Crippen molar-refractivity contribution in [2.75, 3.05) is 27.2 Å². The average Bonchev–Trinajstić information content (AvgIpc) is 2.42. The normalized spacial score (nSPS) is 9.75. The predicted octanol–water partition coefficient (Wildman–Crippen LogP) is -0.854. The van der Waals surface area contributed by atoms with Gasteiger partial charge in [-0.05, 0) is 6.92 Å². The fraction of sp³-hybridized carbons (Fsp3) is 0.417. The van der Waals surface area contributed by atoms with Gasteiger partial charge in [-0.3, -0.25) is 14.6 Å². The first-order valence-corrected chi connectivity index (χ1v) is 5.82. The maximum atomic E-state index is 11.5. The zero-order chi connectivity index (χ0) is 15.1. The van der Waals surface area contributed by atoms with Crippen LogP contribution in [0.15, 0.2) is 12.4 Å². The summed E-state index contributed by atoms with van der Waals surface area (Å²) < 4.78 is 4.74. The molecule has 0 aliphatic heterocycles. The van der Waals surface area contributed by atoms with E-state index in [1.807, 2.05) is 0 Å². The lowest BCUT2D eigenvalue weighted by molar-refractivity contribution is -0.131. The summed E-state index contributed by atoms with van der Waals surface area (Å²) in [4.78, 5) is 43.2. The molecule has 1 aromatic rings. The van der Waals surface area contributed by atoms with E-state index in [0.717, 1.165) is 0 Å². The monoisotopic (exact) mass is 280 g/mol. The Kier molecular flexibility index (Phi) is 5.57. The number of ether oxygens (including phenoxy) is 1. The fourth-order valence-electron chi connectivity index (χ4n) is 1.09. The predicted molar refractivity (Wildman–Crippen MR) is 68.8 cm³/mol. The Morgan fingerprint density at radius 3 is 2.50 bits per heavy atom. The second-order valence-electron chi connectivity index (χ2n) is 4.18. The lowest BCUT2D eigenvalue weighted by Crippen LogP contribution is -2.38. The number of likely N-dealkylation sites (N-methyl/N-ethyl adjacent to an activating group) is 1. The van der Waals surface area contributed by atoms with Crippen LogP contribution in [-0.2, 0) is 14.3 Å². The van der Waals surface area contributed by atoms with Crippen LogP contribution in [0.25, 0.3) is 0 Å². The van der Waals surface area contributed by atoms with Crippen LogP contribution in [0.5, 0.6) is 0 Å². The second kappa shape index (κ2) is 7.17. The standard InChI is InChI=1S/C12H16N4O4/c1-8-4-14-9(5-13-8)12(19)20-7-10(17)15-6-11(18)16(2)3/h4-5H,6-7H2,1-3H3,(H,15,17). The van der Waals surface area contributed by atoms with Crippen LogP contribution in [-0.4, -0.2) is 59.9 Å². The van der Waals surface area contributed by atoms with Gasteiger partial charge in [-0.1, -0.05) is 0 Å². The van der Waals surface area contributed by atoms with E-state index < -0.39 is 18.5 Å². The fourth-order valence-corrected chi connectivity index (χ4v) is 1.09. The maximum Gasteiger partial charge on any atom is 0.359 e. The van der Waals surface area contributed by atoms with E-state index in [-0.39, 0.29) is 18.1 Å². The van der Waals surface area contributed by atoms with Crippen molar-refractivity contribution in [1.29, 1.82) is 0 Å². The molecule has 0 atom stereocenters. The van der Waals surface area contributed by atoms with Gasteiger partial charge in [0.15, 0.2) is 12.3 Å². The van der Waals surface area contributed by atoms with Crippen molar-refractivity contribution >= 4 is 17.8 Å². The molecular formula is C12H16N4O4. The van der Waals surface area contributed by atoms with Gasteiger partial charge in [-0.2, -0.15) is 0 Å². The molecule has 0 unspecified atom stereocenters. The molecule has 1 heterocycles. The van der Waals surface area contributed by atoms with Crippen molar-refractivity contribution in [3.63, 3.8) is 0 Å². The van der Waals surface area contributed by atoms with Crippen molar-refractivity contribution in [1.82, 2.24) is 20.2 Å². The second-order valence-corrected chi connectivity index (χ2v) is 4.18. The number of nitrogens with zero attached hydrogens (tertiary/aromatic N) is 3. The summed E-state index contributed by atoms with van der Waals surface area (Å²) in [6.07, 6.45) is 2.69. The highest BCUT2D eigenvalue weighted by atomic mass is 16.5. The molecule has 0 aliphatic rings. The van der Waals surface area contributed by atoms with Crippen molar-refractivity contribution in [3.05, 3.63) is 23.8 Å². The zero-order valence-corrected chi connectivity index (χ0v) is 11.5. The third-order valence-electron chi connectivity index (χ3n) is 2.26. The molecule has 1 rings (SSSR count). The van der Waals surface area contributed by atoms with Gasteiger partial charge in [-0.25, -0.2) is 9.78 Å². The molecule has 108 valence electrons. The Labute approximate surface area is 116 Å². The minimum Gasteiger partial charge on any atom is -0.451 e. The van der Waals surface area contributed by atoms with Crippen LogP contribution in [0.3, 0.4) is 0 Å². The zero-order valence-electron chi connectivity index (χ0n) is 11.5. The van der Waals surface area contributed by atoms with E-state index in [1.165, 1.54) is 17.3 Å². The molecule has 1 aromatic heterocycles. The van der Waals surface area contributed by atoms with Crippen LogP contribution in [0.2, 0.25) is 0 Å². The molecule has 0 spiro atoms. The average molecular weight is 280 g/mol. The molecule has 0 fully saturated rings. The third kappa shape index (κ3) is 5.01. The number of nitrogens with one attached hydrogen (secondary N) is 1. The van der Waals surface area contributed by atoms with Crippen LogP contribution >= 0.6 is 0 Å². The van der Waals surface area contributed by atoms with Gasteiger partial charge in [0, 0.05) is 20.3 Å². The molecule has 1 N–H and O–H groups in total. The van der Waals surface area contributed by atoms with Gasteiger partial charge in [0.2, 0.25) is 5.91 Å². The van der Waals surface area contributed by atoms with Gasteiger partial charge < -0.3 is 15.0 Å². The van der Waals surface area contributed by atoms with E-state index >= 15 is 0 Å². The Hall–Kier alpha value is -2.51. The highest BCUT2D eigenvalue weighted by Crippen LogP contribution is 1.96. The molecule has 0 aliphatic carbocycles. The number of carbonyl (C=O) groups excluding carboxylic acids is 3. The Morgan fingerprint density at radius 2 is 1.95 bits per heavy atom. The van der Waals surface area contributed by atoms with Crippen LogP contribution < -0.4 is 5.32 Å². The molecule has 0 aromatic carbocycles. The first kappa shape index (κ1) is 15.5. The Bertz CT molecular complexity index is 499. The van der Waals surface area contributed by atoms with Crippen molar-refractivity contribution in [3.8, 4) is 0 Å². The summed E-state index contributed by atoms with van der Waals surface area (Å²) in [5.74, 6) is -1.56. The van der Waals surface area contributed by atoms with Crippen molar-refractivity contribution in [2.45, 2.75) is 6.92 Å². The van der Waals surface area contributed by atoms with E-state index in [2.05, 4.69) is 15.3 Å². The lowest BCUT2D eigenvalue weighted by Gasteiger charge is -2.10. The summed E-state index contributed by atoms with van der Waals surface area (Å²) in [5.41, 5.74) is 0.689. The topological polar surface area (TPSA) is 101 Å². The number of amides is 2. The summed E-state index contributed by atoms with van der Waals surface area (Å²) in [7, 11) is 3.15. The van der Waals surface area contributed by atoms with Gasteiger partial charge in [-0.15, -0.1) is 0 Å². The smallest absolute Gasteiger partial charge is 0.359 e. The molecule has 0 radical (unpaired) electrons. The molecule has 8 nitrogen and oxygen atoms in total. The molecule has 20 heavy (non-hydrogen) atoms. The van der Waals surface area contributed by atoms with Crippen LogP contribution in [0.4, 0.5) is 0 Å². The molecular weight excluding hydrogens is 264 g/mol. The first-order valence-electron chi connectivity index (χ1n) is 5.82. The molecule has 0 bridgehead atoms. The Morgan fingerprint density at radius 1 is 1.25 bits per heavy atom. The summed E-state index contributed by atoms with van der Waals surface area (Å²) in [5, 5.41) is 2.34. The Balaban J connectivity index is 2.35. The van der Waals surface area contributed by atoms with Crippen LogP contribution in [0, 0.1) is 6.92 Å². The highest BCUT2D eigenvalue weighted by Gasteiger charge is 2.12. The molecule has 2 amide bonds. The minimum absolute atomic E-state index is 0.0211. The largest absolute Gasteiger partial charge is 0.451 e. The van der Waals surface area contributed by atoms with Crippen molar-refractivity contribution < 1.29 is 19.1 Å². The van der Waals surface area contributed by atoms with Gasteiger partial charge in [0.05, 0.1) is 18.4 Å². The summed E-state index contributed by atoms with van der Waals surface area (Å²) >= 11 is 0. The molecule has 8 heteroatoms. The van der Waals surface area contributed by atoms with E-state index in [9.17, 15) is 14.4 Å². The maximum absolute atomic E-state index is 11.5. The quantitative estimate of drug-likeness (QED) is 0.705. The van der Waals surface area contributed by atoms with Gasteiger partial charge in [0.25, 0.3) is 5.91 Å². The minimum atomic E-state index is -0.744. The number of aromatic nitrogens is 2. The van der Waals surface area contributed by atoms with Crippen LogP contribution in [0.1, 0.15) is 16.2 Å². The van der Waals surface area contributed by atoms with Gasteiger partial charge >= 0.3 is 5.97 Å². The number of rotatable bonds is 5. The third-order valence-corrected chi connectivity index (χ3v) is 2.26. The van der Waals surface area contributed by atoms with E-state index in [1.54, 1.807) is 21.0 Å². The number of esters is 1. The molecule has 0 saturated carbocycles. The van der Waals surface area contributed by atoms with E-state index in [0.29, 0.717) is 5.69 Å². The summed E-state index contributed by atoms with van der Waals surface area (Å²) in [6.45, 7) is 1.11. The van der Waals surface area contributed by atoms with Gasteiger partial charge in [0.1, 0.15) is 0 Å². The summed E-state index contributed by atoms with van der Waals surface area (Å²) in [6, 6.07) is 0. The number of hydrogen-bond acceptors (Lipinski definition) is 6. The number of hydrogen-bond donors (Lipinski definition) is 1. The van der Waals surface area contributed by atoms with E-state index in [4.69, 9.17) is 4.74 Å². The van der Waals surface area contributed by atoms with Crippen molar-refractivity contribution in [2.24, 2.45) is 0 Å². The lowest BCUT2D eigenvalue weighted by atomic mass is 10.4. The molecule has 0 saturated heterocycles. The number of carbonyl (C=O) groups is 3.